The molecule has 0 bridgehead atoms. The SMILES string of the molecule is CCc1ccc(OC(C)C(=O)N2CCN(C(=O)C3(N)CCCC3)CC2)cc1.Cl. The summed E-state index contributed by atoms with van der Waals surface area (Å²) in [6.45, 7) is 6.03. The Kier molecular flexibility index (Phi) is 7.72. The molecule has 1 aliphatic carbocycles. The summed E-state index contributed by atoms with van der Waals surface area (Å²) in [6.07, 6.45) is 4.01. The van der Waals surface area contributed by atoms with Gasteiger partial charge in [-0.2, -0.15) is 0 Å². The molecule has 1 heterocycles. The number of carbonyl (C=O) groups excluding carboxylic acids is 2. The summed E-state index contributed by atoms with van der Waals surface area (Å²) in [6, 6.07) is 7.84. The minimum Gasteiger partial charge on any atom is -0.481 e. The van der Waals surface area contributed by atoms with Gasteiger partial charge in [0.1, 0.15) is 5.75 Å². The van der Waals surface area contributed by atoms with Crippen LogP contribution in [-0.4, -0.2) is 59.4 Å². The van der Waals surface area contributed by atoms with E-state index in [1.807, 2.05) is 29.2 Å². The highest BCUT2D eigenvalue weighted by molar-refractivity contribution is 5.87. The second kappa shape index (κ2) is 9.61. The van der Waals surface area contributed by atoms with Crippen molar-refractivity contribution in [2.75, 3.05) is 26.2 Å². The molecule has 1 aromatic rings. The van der Waals surface area contributed by atoms with Gasteiger partial charge in [0.15, 0.2) is 6.10 Å². The first-order valence-electron chi connectivity index (χ1n) is 10.1. The molecule has 2 aliphatic rings. The monoisotopic (exact) mass is 409 g/mol. The first kappa shape index (κ1) is 22.5. The Morgan fingerprint density at radius 2 is 1.61 bits per heavy atom. The number of amides is 2. The minimum absolute atomic E-state index is 0. The number of carbonyl (C=O) groups is 2. The van der Waals surface area contributed by atoms with E-state index in [4.69, 9.17) is 10.5 Å². The van der Waals surface area contributed by atoms with Gasteiger partial charge in [0.05, 0.1) is 5.54 Å². The van der Waals surface area contributed by atoms with Crippen LogP contribution < -0.4 is 10.5 Å². The number of ether oxygens (including phenoxy) is 1. The summed E-state index contributed by atoms with van der Waals surface area (Å²) in [5.74, 6) is 0.713. The Hall–Kier alpha value is -1.79. The number of benzene rings is 1. The fourth-order valence-corrected chi connectivity index (χ4v) is 3.98. The first-order valence-corrected chi connectivity index (χ1v) is 10.1. The highest BCUT2D eigenvalue weighted by atomic mass is 35.5. The van der Waals surface area contributed by atoms with E-state index < -0.39 is 11.6 Å². The summed E-state index contributed by atoms with van der Waals surface area (Å²) in [7, 11) is 0. The van der Waals surface area contributed by atoms with Gasteiger partial charge in [0.25, 0.3) is 5.91 Å². The highest BCUT2D eigenvalue weighted by Crippen LogP contribution is 2.29. The molecule has 2 amide bonds. The lowest BCUT2D eigenvalue weighted by molar-refractivity contribution is -0.146. The van der Waals surface area contributed by atoms with Gasteiger partial charge < -0.3 is 20.3 Å². The normalized spacial score (nSPS) is 19.7. The molecule has 0 spiro atoms. The third-order valence-electron chi connectivity index (χ3n) is 5.79. The quantitative estimate of drug-likeness (QED) is 0.810. The molecule has 1 aliphatic heterocycles. The van der Waals surface area contributed by atoms with Crippen LogP contribution in [0.2, 0.25) is 0 Å². The van der Waals surface area contributed by atoms with E-state index in [-0.39, 0.29) is 24.2 Å². The van der Waals surface area contributed by atoms with E-state index in [0.717, 1.165) is 32.1 Å². The number of rotatable bonds is 5. The van der Waals surface area contributed by atoms with Gasteiger partial charge in [-0.05, 0) is 43.9 Å². The van der Waals surface area contributed by atoms with Crippen LogP contribution in [0.25, 0.3) is 0 Å². The molecule has 28 heavy (non-hydrogen) atoms. The smallest absolute Gasteiger partial charge is 0.263 e. The van der Waals surface area contributed by atoms with Crippen LogP contribution in [0.15, 0.2) is 24.3 Å². The van der Waals surface area contributed by atoms with E-state index in [9.17, 15) is 9.59 Å². The maximum absolute atomic E-state index is 12.7. The molecular formula is C21H32ClN3O3. The number of hydrogen-bond donors (Lipinski definition) is 1. The maximum Gasteiger partial charge on any atom is 0.263 e. The van der Waals surface area contributed by atoms with Crippen molar-refractivity contribution < 1.29 is 14.3 Å². The van der Waals surface area contributed by atoms with Gasteiger partial charge in [-0.15, -0.1) is 12.4 Å². The largest absolute Gasteiger partial charge is 0.481 e. The van der Waals surface area contributed by atoms with Gasteiger partial charge >= 0.3 is 0 Å². The standard InChI is InChI=1S/C21H31N3O3.ClH/c1-3-17-6-8-18(9-7-17)27-16(2)19(25)23-12-14-24(15-13-23)20(26)21(22)10-4-5-11-21;/h6-9,16H,3-5,10-15,22H2,1-2H3;1H. The Morgan fingerprint density at radius 3 is 2.14 bits per heavy atom. The van der Waals surface area contributed by atoms with Crippen molar-refractivity contribution >= 4 is 24.2 Å². The van der Waals surface area contributed by atoms with E-state index in [1.54, 1.807) is 11.8 Å². The molecule has 1 saturated heterocycles. The fourth-order valence-electron chi connectivity index (χ4n) is 3.98. The number of aryl methyl sites for hydroxylation is 1. The van der Waals surface area contributed by atoms with Crippen molar-refractivity contribution in [1.82, 2.24) is 9.80 Å². The molecular weight excluding hydrogens is 378 g/mol. The van der Waals surface area contributed by atoms with Crippen LogP contribution >= 0.6 is 12.4 Å². The predicted molar refractivity (Wildman–Crippen MR) is 112 cm³/mol. The lowest BCUT2D eigenvalue weighted by Gasteiger charge is -2.39. The van der Waals surface area contributed by atoms with Crippen molar-refractivity contribution in [1.29, 1.82) is 0 Å². The molecule has 2 N–H and O–H groups in total. The summed E-state index contributed by atoms with van der Waals surface area (Å²) in [5, 5.41) is 0. The summed E-state index contributed by atoms with van der Waals surface area (Å²) in [5.41, 5.74) is 6.84. The summed E-state index contributed by atoms with van der Waals surface area (Å²) in [4.78, 5) is 29.0. The van der Waals surface area contributed by atoms with Crippen LogP contribution in [0.3, 0.4) is 0 Å². The first-order chi connectivity index (χ1) is 12.9. The van der Waals surface area contributed by atoms with Crippen molar-refractivity contribution in [2.24, 2.45) is 5.73 Å². The van der Waals surface area contributed by atoms with Crippen LogP contribution in [0, 0.1) is 0 Å². The molecule has 1 unspecified atom stereocenters. The second-order valence-electron chi connectivity index (χ2n) is 7.74. The molecule has 0 aromatic heterocycles. The van der Waals surface area contributed by atoms with Gasteiger partial charge in [-0.1, -0.05) is 31.9 Å². The second-order valence-corrected chi connectivity index (χ2v) is 7.74. The highest BCUT2D eigenvalue weighted by Gasteiger charge is 2.41. The molecule has 1 atom stereocenters. The number of halogens is 1. The number of nitrogens with zero attached hydrogens (tertiary/aromatic N) is 2. The Balaban J connectivity index is 0.00000280. The van der Waals surface area contributed by atoms with Gasteiger partial charge in [-0.3, -0.25) is 9.59 Å². The third-order valence-corrected chi connectivity index (χ3v) is 5.79. The van der Waals surface area contributed by atoms with E-state index >= 15 is 0 Å². The molecule has 6 nitrogen and oxygen atoms in total. The Bertz CT molecular complexity index is 666. The lowest BCUT2D eigenvalue weighted by Crippen LogP contribution is -2.59. The fraction of sp³-hybridized carbons (Fsp3) is 0.619. The zero-order chi connectivity index (χ0) is 19.4. The third kappa shape index (κ3) is 4.97. The molecule has 1 saturated carbocycles. The van der Waals surface area contributed by atoms with Crippen LogP contribution in [0.1, 0.15) is 45.1 Å². The molecule has 3 rings (SSSR count). The van der Waals surface area contributed by atoms with Crippen molar-refractivity contribution in [3.8, 4) is 5.75 Å². The van der Waals surface area contributed by atoms with E-state index in [2.05, 4.69) is 6.92 Å². The zero-order valence-corrected chi connectivity index (χ0v) is 17.7. The van der Waals surface area contributed by atoms with Gasteiger partial charge in [0, 0.05) is 26.2 Å². The lowest BCUT2D eigenvalue weighted by atomic mass is 9.97. The van der Waals surface area contributed by atoms with E-state index in [1.165, 1.54) is 5.56 Å². The zero-order valence-electron chi connectivity index (χ0n) is 16.9. The number of hydrogen-bond acceptors (Lipinski definition) is 4. The Labute approximate surface area is 173 Å². The molecule has 0 radical (unpaired) electrons. The van der Waals surface area contributed by atoms with E-state index in [0.29, 0.717) is 31.9 Å². The summed E-state index contributed by atoms with van der Waals surface area (Å²) < 4.78 is 5.81. The average Bonchev–Trinajstić information content (AvgIpc) is 3.15. The average molecular weight is 410 g/mol. The molecule has 156 valence electrons. The van der Waals surface area contributed by atoms with Crippen molar-refractivity contribution in [3.05, 3.63) is 29.8 Å². The Morgan fingerprint density at radius 1 is 1.07 bits per heavy atom. The van der Waals surface area contributed by atoms with Crippen molar-refractivity contribution in [2.45, 2.75) is 57.6 Å². The van der Waals surface area contributed by atoms with Gasteiger partial charge in [-0.25, -0.2) is 0 Å². The number of piperazine rings is 1. The van der Waals surface area contributed by atoms with Gasteiger partial charge in [0.2, 0.25) is 5.91 Å². The predicted octanol–water partition coefficient (Wildman–Crippen LogP) is 2.38. The van der Waals surface area contributed by atoms with Crippen LogP contribution in [0.4, 0.5) is 0 Å². The molecule has 2 fully saturated rings. The van der Waals surface area contributed by atoms with Crippen LogP contribution in [0.5, 0.6) is 5.75 Å². The molecule has 7 heteroatoms. The summed E-state index contributed by atoms with van der Waals surface area (Å²) >= 11 is 0. The van der Waals surface area contributed by atoms with Crippen LogP contribution in [-0.2, 0) is 16.0 Å². The topological polar surface area (TPSA) is 75.9 Å². The molecule has 1 aromatic carbocycles. The van der Waals surface area contributed by atoms with Crippen molar-refractivity contribution in [3.63, 3.8) is 0 Å². The maximum atomic E-state index is 12.7. The number of nitrogens with two attached hydrogens (primary N) is 1. The minimum atomic E-state index is -0.687.